The minimum Gasteiger partial charge on any atom is -0.453 e. The van der Waals surface area contributed by atoms with Gasteiger partial charge in [0, 0.05) is 6.54 Å². The maximum atomic E-state index is 10.5. The first-order chi connectivity index (χ1) is 4.70. The van der Waals surface area contributed by atoms with E-state index in [0.717, 1.165) is 6.42 Å². The van der Waals surface area contributed by atoms with Crippen LogP contribution in [0.3, 0.4) is 0 Å². The van der Waals surface area contributed by atoms with Gasteiger partial charge in [-0.1, -0.05) is 20.3 Å². The second kappa shape index (κ2) is 5.09. The van der Waals surface area contributed by atoms with Crippen LogP contribution in [0.1, 0.15) is 20.3 Å². The number of carbonyl (C=O) groups excluding carboxylic acids is 1. The minimum atomic E-state index is -0.347. The summed E-state index contributed by atoms with van der Waals surface area (Å²) >= 11 is 0. The van der Waals surface area contributed by atoms with E-state index in [-0.39, 0.29) is 6.09 Å². The number of hydrogen-bond acceptors (Lipinski definition) is 2. The van der Waals surface area contributed by atoms with Crippen molar-refractivity contribution in [2.75, 3.05) is 13.7 Å². The first-order valence-electron chi connectivity index (χ1n) is 3.52. The summed E-state index contributed by atoms with van der Waals surface area (Å²) in [7, 11) is 1.37. The second-order valence-electron chi connectivity index (χ2n) is 2.39. The molecule has 0 rings (SSSR count). The van der Waals surface area contributed by atoms with Crippen LogP contribution in [0.2, 0.25) is 0 Å². The van der Waals surface area contributed by atoms with Gasteiger partial charge in [0.2, 0.25) is 0 Å². The van der Waals surface area contributed by atoms with Gasteiger partial charge in [0.15, 0.2) is 0 Å². The van der Waals surface area contributed by atoms with Crippen molar-refractivity contribution in [3.63, 3.8) is 0 Å². The molecule has 0 aliphatic heterocycles. The fourth-order valence-electron chi connectivity index (χ4n) is 0.474. The first kappa shape index (κ1) is 9.27. The number of ether oxygens (including phenoxy) is 1. The van der Waals surface area contributed by atoms with Crippen molar-refractivity contribution in [1.29, 1.82) is 0 Å². The number of rotatable bonds is 3. The average molecular weight is 145 g/mol. The van der Waals surface area contributed by atoms with Crippen molar-refractivity contribution < 1.29 is 9.53 Å². The predicted molar refractivity (Wildman–Crippen MR) is 39.9 cm³/mol. The Hall–Kier alpha value is -0.730. The zero-order chi connectivity index (χ0) is 7.98. The summed E-state index contributed by atoms with van der Waals surface area (Å²) in [6.45, 7) is 4.86. The molecule has 0 aromatic rings. The third kappa shape index (κ3) is 4.18. The van der Waals surface area contributed by atoms with Crippen LogP contribution in [-0.2, 0) is 4.74 Å². The number of alkyl carbamates (subject to hydrolysis) is 1. The topological polar surface area (TPSA) is 38.3 Å². The van der Waals surface area contributed by atoms with Gasteiger partial charge in [-0.3, -0.25) is 0 Å². The lowest BCUT2D eigenvalue weighted by Gasteiger charge is -2.08. The van der Waals surface area contributed by atoms with Gasteiger partial charge in [-0.15, -0.1) is 0 Å². The van der Waals surface area contributed by atoms with Gasteiger partial charge >= 0.3 is 6.09 Å². The molecule has 0 saturated carbocycles. The zero-order valence-electron chi connectivity index (χ0n) is 6.81. The van der Waals surface area contributed by atoms with Crippen molar-refractivity contribution >= 4 is 6.09 Å². The highest BCUT2D eigenvalue weighted by atomic mass is 16.5. The van der Waals surface area contributed by atoms with E-state index < -0.39 is 0 Å². The van der Waals surface area contributed by atoms with Gasteiger partial charge in [0.05, 0.1) is 7.11 Å². The van der Waals surface area contributed by atoms with E-state index in [9.17, 15) is 4.79 Å². The SMILES string of the molecule is CC[C@@H](C)CNC(=O)OC. The molecule has 0 aromatic heterocycles. The van der Waals surface area contributed by atoms with Crippen LogP contribution in [0.25, 0.3) is 0 Å². The largest absolute Gasteiger partial charge is 0.453 e. The van der Waals surface area contributed by atoms with E-state index in [0.29, 0.717) is 12.5 Å². The number of nitrogens with one attached hydrogen (secondary N) is 1. The van der Waals surface area contributed by atoms with Crippen molar-refractivity contribution in [3.8, 4) is 0 Å². The van der Waals surface area contributed by atoms with Crippen LogP contribution in [-0.4, -0.2) is 19.7 Å². The van der Waals surface area contributed by atoms with Crippen LogP contribution >= 0.6 is 0 Å². The maximum absolute atomic E-state index is 10.5. The number of amides is 1. The van der Waals surface area contributed by atoms with Crippen molar-refractivity contribution in [1.82, 2.24) is 5.32 Å². The maximum Gasteiger partial charge on any atom is 0.406 e. The average Bonchev–Trinajstić information content (AvgIpc) is 1.99. The molecule has 1 N–H and O–H groups in total. The molecule has 0 fully saturated rings. The molecule has 0 spiro atoms. The van der Waals surface area contributed by atoms with Crippen LogP contribution < -0.4 is 5.32 Å². The highest BCUT2D eigenvalue weighted by Gasteiger charge is 2.01. The van der Waals surface area contributed by atoms with Gasteiger partial charge in [-0.05, 0) is 5.92 Å². The lowest BCUT2D eigenvalue weighted by molar-refractivity contribution is 0.169. The third-order valence-corrected chi connectivity index (χ3v) is 1.48. The Morgan fingerprint density at radius 1 is 1.70 bits per heavy atom. The van der Waals surface area contributed by atoms with Crippen LogP contribution in [0.15, 0.2) is 0 Å². The molecule has 3 heteroatoms. The molecule has 1 atom stereocenters. The summed E-state index contributed by atoms with van der Waals surface area (Å²) in [6.07, 6.45) is 0.726. The fourth-order valence-corrected chi connectivity index (χ4v) is 0.474. The smallest absolute Gasteiger partial charge is 0.406 e. The molecule has 0 aromatic carbocycles. The van der Waals surface area contributed by atoms with Crippen molar-refractivity contribution in [2.45, 2.75) is 20.3 Å². The van der Waals surface area contributed by atoms with Crippen molar-refractivity contribution in [2.24, 2.45) is 5.92 Å². The predicted octanol–water partition coefficient (Wildman–Crippen LogP) is 1.39. The highest BCUT2D eigenvalue weighted by molar-refractivity contribution is 5.66. The minimum absolute atomic E-state index is 0.347. The Bertz CT molecular complexity index is 104. The molecular weight excluding hydrogens is 130 g/mol. The van der Waals surface area contributed by atoms with Gasteiger partial charge in [0.25, 0.3) is 0 Å². The van der Waals surface area contributed by atoms with E-state index in [1.807, 2.05) is 0 Å². The quantitative estimate of drug-likeness (QED) is 0.651. The Morgan fingerprint density at radius 3 is 2.70 bits per heavy atom. The van der Waals surface area contributed by atoms with Gasteiger partial charge in [0.1, 0.15) is 0 Å². The molecule has 0 aliphatic rings. The normalized spacial score (nSPS) is 12.3. The van der Waals surface area contributed by atoms with E-state index in [1.165, 1.54) is 7.11 Å². The fraction of sp³-hybridized carbons (Fsp3) is 0.857. The summed E-state index contributed by atoms with van der Waals surface area (Å²) in [4.78, 5) is 10.5. The molecule has 0 aliphatic carbocycles. The molecular formula is C7H15NO2. The molecule has 60 valence electrons. The Morgan fingerprint density at radius 2 is 2.30 bits per heavy atom. The monoisotopic (exact) mass is 145 g/mol. The molecule has 0 bridgehead atoms. The van der Waals surface area contributed by atoms with E-state index in [4.69, 9.17) is 0 Å². The van der Waals surface area contributed by atoms with Crippen molar-refractivity contribution in [3.05, 3.63) is 0 Å². The number of hydrogen-bond donors (Lipinski definition) is 1. The molecule has 0 radical (unpaired) electrons. The zero-order valence-corrected chi connectivity index (χ0v) is 6.81. The molecule has 0 heterocycles. The van der Waals surface area contributed by atoms with Crippen LogP contribution in [0, 0.1) is 5.92 Å². The van der Waals surface area contributed by atoms with E-state index in [2.05, 4.69) is 23.9 Å². The lowest BCUT2D eigenvalue weighted by atomic mass is 10.1. The number of methoxy groups -OCH3 is 1. The summed E-state index contributed by atoms with van der Waals surface area (Å²) in [5.41, 5.74) is 0. The summed E-state index contributed by atoms with van der Waals surface area (Å²) < 4.78 is 4.40. The molecule has 3 nitrogen and oxygen atoms in total. The summed E-state index contributed by atoms with van der Waals surface area (Å²) in [5, 5.41) is 2.62. The second-order valence-corrected chi connectivity index (χ2v) is 2.39. The third-order valence-electron chi connectivity index (χ3n) is 1.48. The summed E-state index contributed by atoms with van der Waals surface area (Å²) in [5.74, 6) is 0.527. The Balaban J connectivity index is 3.26. The van der Waals surface area contributed by atoms with E-state index >= 15 is 0 Å². The number of carbonyl (C=O) groups is 1. The van der Waals surface area contributed by atoms with E-state index in [1.54, 1.807) is 0 Å². The summed E-state index contributed by atoms with van der Waals surface area (Å²) in [6, 6.07) is 0. The van der Waals surface area contributed by atoms with Crippen LogP contribution in [0.4, 0.5) is 4.79 Å². The van der Waals surface area contributed by atoms with Crippen LogP contribution in [0.5, 0.6) is 0 Å². The van der Waals surface area contributed by atoms with Gasteiger partial charge in [-0.2, -0.15) is 0 Å². The Labute approximate surface area is 61.8 Å². The molecule has 0 unspecified atom stereocenters. The van der Waals surface area contributed by atoms with Gasteiger partial charge in [-0.25, -0.2) is 4.79 Å². The Kier molecular flexibility index (Phi) is 4.72. The van der Waals surface area contributed by atoms with Gasteiger partial charge < -0.3 is 10.1 Å². The first-order valence-corrected chi connectivity index (χ1v) is 3.52. The molecule has 10 heavy (non-hydrogen) atoms. The molecule has 1 amide bonds. The molecule has 0 saturated heterocycles. The highest BCUT2D eigenvalue weighted by Crippen LogP contribution is 1.96. The standard InChI is InChI=1S/C7H15NO2/c1-4-6(2)5-8-7(9)10-3/h6H,4-5H2,1-3H3,(H,8,9)/t6-/m1/s1. The lowest BCUT2D eigenvalue weighted by Crippen LogP contribution is -2.27.